The zero-order valence-corrected chi connectivity index (χ0v) is 12.7. The molecule has 106 valence electrons. The maximum absolute atomic E-state index is 11.4. The summed E-state index contributed by atoms with van der Waals surface area (Å²) in [5, 5.41) is 0. The van der Waals surface area contributed by atoms with E-state index in [1.54, 1.807) is 6.92 Å². The van der Waals surface area contributed by atoms with Crippen molar-refractivity contribution in [2.45, 2.75) is 47.0 Å². The van der Waals surface area contributed by atoms with Gasteiger partial charge in [-0.1, -0.05) is 19.9 Å². The van der Waals surface area contributed by atoms with Gasteiger partial charge in [0.2, 0.25) is 0 Å². The normalized spacial score (nSPS) is 20.5. The second-order valence-electron chi connectivity index (χ2n) is 6.00. The summed E-state index contributed by atoms with van der Waals surface area (Å²) in [5.74, 6) is -0.375. The second-order valence-corrected chi connectivity index (χ2v) is 6.00. The summed E-state index contributed by atoms with van der Waals surface area (Å²) in [7, 11) is 1.36. The third-order valence-electron chi connectivity index (χ3n) is 3.78. The molecule has 0 saturated carbocycles. The molecule has 0 bridgehead atoms. The molecular formula is C16H25NO2. The molecule has 1 aliphatic carbocycles. The lowest BCUT2D eigenvalue weighted by atomic mass is 9.77. The Labute approximate surface area is 116 Å². The molecule has 2 N–H and O–H groups in total. The molecule has 0 atom stereocenters. The van der Waals surface area contributed by atoms with Crippen LogP contribution in [0.4, 0.5) is 0 Å². The van der Waals surface area contributed by atoms with Crippen LogP contribution < -0.4 is 5.73 Å². The number of allylic oxidation sites excluding steroid dienone is 4. The van der Waals surface area contributed by atoms with Crippen molar-refractivity contribution in [2.24, 2.45) is 11.1 Å². The summed E-state index contributed by atoms with van der Waals surface area (Å²) in [4.78, 5) is 11.4. The maximum Gasteiger partial charge on any atom is 0.335 e. The largest absolute Gasteiger partial charge is 0.466 e. The Balaban J connectivity index is 2.89. The lowest BCUT2D eigenvalue weighted by Crippen LogP contribution is -2.15. The van der Waals surface area contributed by atoms with Gasteiger partial charge in [0.1, 0.15) is 0 Å². The van der Waals surface area contributed by atoms with Crippen LogP contribution in [0.2, 0.25) is 0 Å². The van der Waals surface area contributed by atoms with E-state index >= 15 is 0 Å². The van der Waals surface area contributed by atoms with Crippen LogP contribution in [0.25, 0.3) is 0 Å². The van der Waals surface area contributed by atoms with E-state index in [-0.39, 0.29) is 5.97 Å². The fourth-order valence-electron chi connectivity index (χ4n) is 2.14. The van der Waals surface area contributed by atoms with E-state index in [2.05, 4.69) is 24.7 Å². The lowest BCUT2D eigenvalue weighted by molar-refractivity contribution is -0.136. The van der Waals surface area contributed by atoms with Crippen molar-refractivity contribution < 1.29 is 9.53 Å². The molecule has 0 amide bonds. The number of rotatable bonds is 3. The van der Waals surface area contributed by atoms with Gasteiger partial charge in [0.05, 0.1) is 12.7 Å². The average molecular weight is 263 g/mol. The number of hydrogen-bond donors (Lipinski definition) is 1. The Morgan fingerprint density at radius 3 is 2.53 bits per heavy atom. The van der Waals surface area contributed by atoms with Crippen LogP contribution in [0.15, 0.2) is 34.6 Å². The van der Waals surface area contributed by atoms with Crippen molar-refractivity contribution >= 4 is 5.97 Å². The van der Waals surface area contributed by atoms with Crippen LogP contribution in [0, 0.1) is 5.41 Å². The van der Waals surface area contributed by atoms with Crippen molar-refractivity contribution in [2.75, 3.05) is 7.11 Å². The number of methoxy groups -OCH3 is 1. The summed E-state index contributed by atoms with van der Waals surface area (Å²) in [6, 6.07) is 0. The molecule has 0 aromatic carbocycles. The van der Waals surface area contributed by atoms with Crippen LogP contribution in [-0.4, -0.2) is 13.1 Å². The Bertz CT molecular complexity index is 453. The van der Waals surface area contributed by atoms with Gasteiger partial charge >= 0.3 is 5.97 Å². The van der Waals surface area contributed by atoms with E-state index in [0.717, 1.165) is 18.4 Å². The molecule has 0 heterocycles. The first kappa shape index (κ1) is 15.5. The van der Waals surface area contributed by atoms with Crippen molar-refractivity contribution in [1.82, 2.24) is 0 Å². The van der Waals surface area contributed by atoms with Crippen molar-refractivity contribution in [3.8, 4) is 0 Å². The molecular weight excluding hydrogens is 238 g/mol. The Morgan fingerprint density at radius 2 is 2.05 bits per heavy atom. The SMILES string of the molecule is COC(=O)/C(C)=C(N)/C=C(\C)C1=CCC(C)(C)CC1. The predicted molar refractivity (Wildman–Crippen MR) is 78.4 cm³/mol. The molecule has 0 unspecified atom stereocenters. The molecule has 1 aliphatic rings. The smallest absolute Gasteiger partial charge is 0.335 e. The van der Waals surface area contributed by atoms with Gasteiger partial charge in [-0.3, -0.25) is 0 Å². The van der Waals surface area contributed by atoms with Gasteiger partial charge in [0, 0.05) is 5.70 Å². The highest BCUT2D eigenvalue weighted by molar-refractivity contribution is 5.89. The zero-order valence-electron chi connectivity index (χ0n) is 12.7. The topological polar surface area (TPSA) is 52.3 Å². The van der Waals surface area contributed by atoms with Gasteiger partial charge in [-0.15, -0.1) is 0 Å². The van der Waals surface area contributed by atoms with E-state index in [9.17, 15) is 4.79 Å². The first-order valence-corrected chi connectivity index (χ1v) is 6.69. The number of carbonyl (C=O) groups excluding carboxylic acids is 1. The molecule has 3 nitrogen and oxygen atoms in total. The molecule has 1 rings (SSSR count). The van der Waals surface area contributed by atoms with Gasteiger partial charge in [-0.2, -0.15) is 0 Å². The number of carbonyl (C=O) groups is 1. The standard InChI is InChI=1S/C16H25NO2/c1-11(10-14(17)12(2)15(18)19-5)13-6-8-16(3,4)9-7-13/h6,10H,7-9,17H2,1-5H3/b11-10+,14-12-. The van der Waals surface area contributed by atoms with Crippen LogP contribution in [0.3, 0.4) is 0 Å². The number of esters is 1. The highest BCUT2D eigenvalue weighted by Crippen LogP contribution is 2.36. The second kappa shape index (κ2) is 6.09. The third-order valence-corrected chi connectivity index (χ3v) is 3.78. The Hall–Kier alpha value is -1.51. The molecule has 0 spiro atoms. The highest BCUT2D eigenvalue weighted by atomic mass is 16.5. The van der Waals surface area contributed by atoms with Crippen LogP contribution in [0.1, 0.15) is 47.0 Å². The van der Waals surface area contributed by atoms with E-state index in [1.165, 1.54) is 19.1 Å². The molecule has 0 fully saturated rings. The molecule has 0 aliphatic heterocycles. The van der Waals surface area contributed by atoms with Crippen LogP contribution >= 0.6 is 0 Å². The van der Waals surface area contributed by atoms with Gasteiger partial charge in [0.15, 0.2) is 0 Å². The van der Waals surface area contributed by atoms with Gasteiger partial charge < -0.3 is 10.5 Å². The predicted octanol–water partition coefficient (Wildman–Crippen LogP) is 3.47. The molecule has 0 aromatic heterocycles. The van der Waals surface area contributed by atoms with Crippen molar-refractivity contribution in [3.05, 3.63) is 34.6 Å². The van der Waals surface area contributed by atoms with Gasteiger partial charge in [0.25, 0.3) is 0 Å². The summed E-state index contributed by atoms with van der Waals surface area (Å²) in [6.45, 7) is 8.30. The third kappa shape index (κ3) is 4.27. The maximum atomic E-state index is 11.4. The monoisotopic (exact) mass is 263 g/mol. The Kier molecular flexibility index (Phi) is 4.98. The zero-order chi connectivity index (χ0) is 14.6. The fourth-order valence-corrected chi connectivity index (χ4v) is 2.14. The van der Waals surface area contributed by atoms with Gasteiger partial charge in [-0.05, 0) is 55.7 Å². The quantitative estimate of drug-likeness (QED) is 0.482. The minimum absolute atomic E-state index is 0.375. The molecule has 0 saturated heterocycles. The van der Waals surface area contributed by atoms with E-state index in [4.69, 9.17) is 5.73 Å². The number of hydrogen-bond acceptors (Lipinski definition) is 3. The van der Waals surface area contributed by atoms with Crippen molar-refractivity contribution in [1.29, 1.82) is 0 Å². The molecule has 0 radical (unpaired) electrons. The Morgan fingerprint density at radius 1 is 1.42 bits per heavy atom. The van der Waals surface area contributed by atoms with Crippen LogP contribution in [-0.2, 0) is 9.53 Å². The average Bonchev–Trinajstić information content (AvgIpc) is 2.36. The van der Waals surface area contributed by atoms with E-state index < -0.39 is 0 Å². The number of ether oxygens (including phenoxy) is 1. The summed E-state index contributed by atoms with van der Waals surface area (Å²) >= 11 is 0. The lowest BCUT2D eigenvalue weighted by Gasteiger charge is -2.29. The molecule has 3 heteroatoms. The van der Waals surface area contributed by atoms with E-state index in [0.29, 0.717) is 16.7 Å². The summed E-state index contributed by atoms with van der Waals surface area (Å²) in [5.41, 5.74) is 9.73. The molecule has 0 aromatic rings. The first-order chi connectivity index (χ1) is 8.76. The van der Waals surface area contributed by atoms with Gasteiger partial charge in [-0.25, -0.2) is 4.79 Å². The van der Waals surface area contributed by atoms with E-state index in [1.807, 2.05) is 13.0 Å². The van der Waals surface area contributed by atoms with Crippen LogP contribution in [0.5, 0.6) is 0 Å². The fraction of sp³-hybridized carbons (Fsp3) is 0.562. The highest BCUT2D eigenvalue weighted by Gasteiger charge is 2.21. The summed E-state index contributed by atoms with van der Waals surface area (Å²) < 4.78 is 4.67. The van der Waals surface area contributed by atoms with Crippen molar-refractivity contribution in [3.63, 3.8) is 0 Å². The minimum atomic E-state index is -0.375. The summed E-state index contributed by atoms with van der Waals surface area (Å²) in [6.07, 6.45) is 7.50. The first-order valence-electron chi connectivity index (χ1n) is 6.69. The minimum Gasteiger partial charge on any atom is -0.466 e. The molecule has 19 heavy (non-hydrogen) atoms. The number of nitrogens with two attached hydrogens (primary N) is 1.